The van der Waals surface area contributed by atoms with Gasteiger partial charge in [0.1, 0.15) is 0 Å². The van der Waals surface area contributed by atoms with E-state index in [0.29, 0.717) is 30.6 Å². The van der Waals surface area contributed by atoms with Crippen molar-refractivity contribution in [2.24, 2.45) is 11.8 Å². The lowest BCUT2D eigenvalue weighted by Gasteiger charge is -2.41. The maximum absolute atomic E-state index is 10.3. The van der Waals surface area contributed by atoms with Gasteiger partial charge < -0.3 is 24.1 Å². The average Bonchev–Trinajstić information content (AvgIpc) is 3.18. The maximum atomic E-state index is 10.3. The largest absolute Gasteiger partial charge is 0.502 e. The minimum atomic E-state index is -0.00440. The highest BCUT2D eigenvalue weighted by Gasteiger charge is 2.42. The fourth-order valence-electron chi connectivity index (χ4n) is 4.60. The third kappa shape index (κ3) is 2.65. The first-order chi connectivity index (χ1) is 13.7. The summed E-state index contributed by atoms with van der Waals surface area (Å²) in [6, 6.07) is 7.88. The minimum Gasteiger partial charge on any atom is -0.502 e. The Morgan fingerprint density at radius 3 is 2.32 bits per heavy atom. The molecule has 2 heterocycles. The van der Waals surface area contributed by atoms with Gasteiger partial charge >= 0.3 is 0 Å². The lowest BCUT2D eigenvalue weighted by molar-refractivity contribution is -0.339. The van der Waals surface area contributed by atoms with Crippen molar-refractivity contribution in [3.8, 4) is 28.7 Å². The highest BCUT2D eigenvalue weighted by Crippen LogP contribution is 2.51. The van der Waals surface area contributed by atoms with E-state index in [-0.39, 0.29) is 24.4 Å². The molecule has 0 saturated carbocycles. The lowest BCUT2D eigenvalue weighted by atomic mass is 9.66. The van der Waals surface area contributed by atoms with Crippen molar-refractivity contribution < 1.29 is 33.8 Å². The van der Waals surface area contributed by atoms with E-state index in [1.807, 2.05) is 12.1 Å². The third-order valence-corrected chi connectivity index (χ3v) is 5.97. The molecule has 3 atom stereocenters. The maximum Gasteiger partial charge on any atom is 0.231 e. The summed E-state index contributed by atoms with van der Waals surface area (Å²) in [5.74, 6) is 2.86. The van der Waals surface area contributed by atoms with E-state index in [0.717, 1.165) is 23.5 Å². The number of methoxy groups -OCH3 is 2. The van der Waals surface area contributed by atoms with Gasteiger partial charge in [-0.25, -0.2) is 9.78 Å². The minimum absolute atomic E-state index is 0.00440. The molecule has 0 spiro atoms. The zero-order valence-corrected chi connectivity index (χ0v) is 15.8. The Balaban J connectivity index is 1.69. The second kappa shape index (κ2) is 6.76. The first-order valence-corrected chi connectivity index (χ1v) is 9.31. The summed E-state index contributed by atoms with van der Waals surface area (Å²) in [7, 11) is 3.07. The summed E-state index contributed by atoms with van der Waals surface area (Å²) in [5, 5.41) is 10.3. The fraction of sp³-hybridized carbons (Fsp3) is 0.429. The lowest BCUT2D eigenvalue weighted by Crippen LogP contribution is -2.39. The number of rotatable bonds is 3. The zero-order chi connectivity index (χ0) is 19.3. The Kier molecular flexibility index (Phi) is 4.21. The number of phenolic OH excluding ortho intramolecular Hbond substituents is 1. The highest BCUT2D eigenvalue weighted by atomic mass is 17.2. The van der Waals surface area contributed by atoms with E-state index in [1.165, 1.54) is 25.3 Å². The van der Waals surface area contributed by atoms with E-state index in [1.54, 1.807) is 0 Å². The van der Waals surface area contributed by atoms with Gasteiger partial charge in [-0.1, -0.05) is 0 Å². The van der Waals surface area contributed by atoms with Gasteiger partial charge in [-0.3, -0.25) is 0 Å². The van der Waals surface area contributed by atoms with Crippen LogP contribution in [0.4, 0.5) is 0 Å². The van der Waals surface area contributed by atoms with Crippen LogP contribution in [0, 0.1) is 11.8 Å². The smallest absolute Gasteiger partial charge is 0.231 e. The molecule has 7 nitrogen and oxygen atoms in total. The van der Waals surface area contributed by atoms with Crippen molar-refractivity contribution in [1.29, 1.82) is 0 Å². The summed E-state index contributed by atoms with van der Waals surface area (Å²) in [4.78, 5) is 10.7. The molecule has 2 aliphatic heterocycles. The van der Waals surface area contributed by atoms with Crippen LogP contribution in [-0.2, 0) is 16.2 Å². The highest BCUT2D eigenvalue weighted by molar-refractivity contribution is 5.58. The Morgan fingerprint density at radius 2 is 1.61 bits per heavy atom. The number of phenols is 1. The standard InChI is InChI=1S/C21H22O7/c1-23-18-5-12(6-19(24-2)21(18)22)20-14-7-17-16(25-10-26-17)4-11(14)3-13-8-27-28-9-15(13)20/h4-7,13,15,20,22H,3,8-10H2,1-2H3/t13-,15-,20+/m0/s1. The molecule has 3 aliphatic rings. The van der Waals surface area contributed by atoms with Gasteiger partial charge in [-0.15, -0.1) is 0 Å². The SMILES string of the molecule is COc1cc([C@@H]2c3cc4c(cc3C[C@H]3COOC[C@@H]32)OCO4)cc(OC)c1O. The summed E-state index contributed by atoms with van der Waals surface area (Å²) >= 11 is 0. The van der Waals surface area contributed by atoms with Crippen LogP contribution in [0.15, 0.2) is 24.3 Å². The Morgan fingerprint density at radius 1 is 0.929 bits per heavy atom. The molecule has 1 N–H and O–H groups in total. The number of fused-ring (bicyclic) bond motifs is 3. The van der Waals surface area contributed by atoms with Gasteiger partial charge in [-0.2, -0.15) is 0 Å². The molecule has 0 unspecified atom stereocenters. The number of aromatic hydroxyl groups is 1. The zero-order valence-electron chi connectivity index (χ0n) is 15.8. The summed E-state index contributed by atoms with van der Waals surface area (Å²) in [5.41, 5.74) is 3.38. The molecule has 148 valence electrons. The molecule has 1 saturated heterocycles. The molecule has 1 fully saturated rings. The molecule has 28 heavy (non-hydrogen) atoms. The molecule has 2 aromatic carbocycles. The average molecular weight is 386 g/mol. The van der Waals surface area contributed by atoms with E-state index in [4.69, 9.17) is 28.7 Å². The first kappa shape index (κ1) is 17.5. The van der Waals surface area contributed by atoms with E-state index in [9.17, 15) is 5.11 Å². The molecule has 0 aromatic heterocycles. The fourth-order valence-corrected chi connectivity index (χ4v) is 4.60. The molecule has 0 bridgehead atoms. The Labute approximate surface area is 162 Å². The second-order valence-electron chi connectivity index (χ2n) is 7.35. The van der Waals surface area contributed by atoms with Crippen LogP contribution in [0.3, 0.4) is 0 Å². The number of benzene rings is 2. The predicted octanol–water partition coefficient (Wildman–Crippen LogP) is 3.02. The van der Waals surface area contributed by atoms with Crippen molar-refractivity contribution in [1.82, 2.24) is 0 Å². The van der Waals surface area contributed by atoms with Gasteiger partial charge in [-0.05, 0) is 53.3 Å². The second-order valence-corrected chi connectivity index (χ2v) is 7.35. The molecule has 5 rings (SSSR count). The van der Waals surface area contributed by atoms with Crippen LogP contribution >= 0.6 is 0 Å². The molecule has 7 heteroatoms. The van der Waals surface area contributed by atoms with Crippen LogP contribution in [0.5, 0.6) is 28.7 Å². The Hall–Kier alpha value is -2.64. The molecule has 0 amide bonds. The van der Waals surface area contributed by atoms with Gasteiger partial charge in [0.25, 0.3) is 0 Å². The van der Waals surface area contributed by atoms with Gasteiger partial charge in [0, 0.05) is 11.8 Å². The van der Waals surface area contributed by atoms with Gasteiger partial charge in [0.15, 0.2) is 23.0 Å². The van der Waals surface area contributed by atoms with Crippen molar-refractivity contribution in [2.45, 2.75) is 12.3 Å². The summed E-state index contributed by atoms with van der Waals surface area (Å²) in [6.45, 7) is 1.28. The third-order valence-electron chi connectivity index (χ3n) is 5.97. The van der Waals surface area contributed by atoms with Crippen LogP contribution in [0.2, 0.25) is 0 Å². The first-order valence-electron chi connectivity index (χ1n) is 9.31. The van der Waals surface area contributed by atoms with Crippen LogP contribution in [0.25, 0.3) is 0 Å². The number of ether oxygens (including phenoxy) is 4. The summed E-state index contributed by atoms with van der Waals surface area (Å²) < 4.78 is 22.0. The quantitative estimate of drug-likeness (QED) is 0.813. The Bertz CT molecular complexity index is 885. The van der Waals surface area contributed by atoms with E-state index < -0.39 is 0 Å². The molecular formula is C21H22O7. The molecular weight excluding hydrogens is 364 g/mol. The van der Waals surface area contributed by atoms with Crippen molar-refractivity contribution in [3.63, 3.8) is 0 Å². The summed E-state index contributed by atoms with van der Waals surface area (Å²) in [6.07, 6.45) is 0.892. The number of hydrogen-bond acceptors (Lipinski definition) is 7. The van der Waals surface area contributed by atoms with Gasteiger partial charge in [0.2, 0.25) is 12.5 Å². The van der Waals surface area contributed by atoms with E-state index >= 15 is 0 Å². The monoisotopic (exact) mass is 386 g/mol. The molecule has 0 radical (unpaired) electrons. The predicted molar refractivity (Wildman–Crippen MR) is 98.2 cm³/mol. The van der Waals surface area contributed by atoms with E-state index in [2.05, 4.69) is 12.1 Å². The van der Waals surface area contributed by atoms with Crippen LogP contribution in [-0.4, -0.2) is 39.3 Å². The molecule has 2 aromatic rings. The van der Waals surface area contributed by atoms with Crippen molar-refractivity contribution in [2.75, 3.05) is 34.2 Å². The van der Waals surface area contributed by atoms with Crippen LogP contribution in [0.1, 0.15) is 22.6 Å². The topological polar surface area (TPSA) is 75.6 Å². The van der Waals surface area contributed by atoms with Gasteiger partial charge in [0.05, 0.1) is 27.4 Å². The number of hydrogen-bond donors (Lipinski definition) is 1. The van der Waals surface area contributed by atoms with Crippen molar-refractivity contribution in [3.05, 3.63) is 41.0 Å². The normalized spacial score (nSPS) is 25.0. The van der Waals surface area contributed by atoms with Crippen LogP contribution < -0.4 is 18.9 Å². The van der Waals surface area contributed by atoms with Crippen molar-refractivity contribution >= 4 is 0 Å². The molecule has 1 aliphatic carbocycles.